The van der Waals surface area contributed by atoms with E-state index in [-0.39, 0.29) is 5.69 Å². The Kier molecular flexibility index (Phi) is 1.95. The van der Waals surface area contributed by atoms with E-state index < -0.39 is 0 Å². The van der Waals surface area contributed by atoms with E-state index in [1.807, 2.05) is 12.1 Å². The van der Waals surface area contributed by atoms with Crippen LogP contribution in [0.4, 0.5) is 0 Å². The smallest absolute Gasteiger partial charge is 0.306 e. The lowest BCUT2D eigenvalue weighted by molar-refractivity contribution is 0.841. The lowest BCUT2D eigenvalue weighted by atomic mass is 10.0. The van der Waals surface area contributed by atoms with Crippen molar-refractivity contribution in [1.29, 1.82) is 0 Å². The van der Waals surface area contributed by atoms with Crippen LogP contribution in [0.3, 0.4) is 0 Å². The van der Waals surface area contributed by atoms with E-state index in [9.17, 15) is 4.79 Å². The molecule has 1 aromatic carbocycles. The minimum absolute atomic E-state index is 0.0481. The molecule has 3 heteroatoms. The molecule has 0 radical (unpaired) electrons. The molecule has 0 atom stereocenters. The first-order valence-corrected chi connectivity index (χ1v) is 4.79. The number of imidazole rings is 1. The van der Waals surface area contributed by atoms with Crippen molar-refractivity contribution in [2.75, 3.05) is 0 Å². The topological polar surface area (TPSA) is 37.8 Å². The summed E-state index contributed by atoms with van der Waals surface area (Å²) in [6, 6.07) is 5.98. The minimum Gasteiger partial charge on any atom is -0.306 e. The van der Waals surface area contributed by atoms with Crippen LogP contribution in [-0.4, -0.2) is 9.55 Å². The molecule has 3 nitrogen and oxygen atoms in total. The summed E-state index contributed by atoms with van der Waals surface area (Å²) in [6.07, 6.45) is 0. The SMILES string of the molecule is CC(C)c1cccc2[nH]c(=O)n(C)c12. The molecule has 0 saturated heterocycles. The van der Waals surface area contributed by atoms with Gasteiger partial charge in [-0.2, -0.15) is 0 Å². The number of benzene rings is 1. The first-order valence-electron chi connectivity index (χ1n) is 4.79. The van der Waals surface area contributed by atoms with Gasteiger partial charge in [0, 0.05) is 7.05 Å². The number of rotatable bonds is 1. The fraction of sp³-hybridized carbons (Fsp3) is 0.364. The van der Waals surface area contributed by atoms with Crippen LogP contribution in [-0.2, 0) is 7.05 Å². The van der Waals surface area contributed by atoms with Gasteiger partial charge in [0.05, 0.1) is 11.0 Å². The van der Waals surface area contributed by atoms with Crippen molar-refractivity contribution in [2.45, 2.75) is 19.8 Å². The molecular weight excluding hydrogens is 176 g/mol. The number of hydrogen-bond acceptors (Lipinski definition) is 1. The lowest BCUT2D eigenvalue weighted by Crippen LogP contribution is -2.12. The third kappa shape index (κ3) is 1.16. The largest absolute Gasteiger partial charge is 0.326 e. The fourth-order valence-electron chi connectivity index (χ4n) is 1.80. The van der Waals surface area contributed by atoms with E-state index in [0.717, 1.165) is 11.0 Å². The highest BCUT2D eigenvalue weighted by molar-refractivity contribution is 5.79. The van der Waals surface area contributed by atoms with E-state index in [2.05, 4.69) is 24.9 Å². The second-order valence-electron chi connectivity index (χ2n) is 3.89. The van der Waals surface area contributed by atoms with Gasteiger partial charge in [0.15, 0.2) is 0 Å². The molecule has 0 fully saturated rings. The molecule has 1 aromatic heterocycles. The molecule has 0 aliphatic rings. The summed E-state index contributed by atoms with van der Waals surface area (Å²) in [5.41, 5.74) is 3.10. The Hall–Kier alpha value is -1.51. The summed E-state index contributed by atoms with van der Waals surface area (Å²) < 4.78 is 1.67. The number of H-pyrrole nitrogens is 1. The maximum absolute atomic E-state index is 11.4. The van der Waals surface area contributed by atoms with Crippen molar-refractivity contribution in [3.05, 3.63) is 34.2 Å². The standard InChI is InChI=1S/C11H14N2O/c1-7(2)8-5-4-6-9-10(8)13(3)11(14)12-9/h4-7H,1-3H3,(H,12,14). The average Bonchev–Trinajstić information content (AvgIpc) is 2.43. The van der Waals surface area contributed by atoms with Gasteiger partial charge in [-0.25, -0.2) is 4.79 Å². The second-order valence-corrected chi connectivity index (χ2v) is 3.89. The quantitative estimate of drug-likeness (QED) is 0.733. The number of nitrogens with one attached hydrogen (secondary N) is 1. The molecule has 0 unspecified atom stereocenters. The molecular formula is C11H14N2O. The van der Waals surface area contributed by atoms with Gasteiger partial charge in [-0.05, 0) is 17.5 Å². The molecule has 0 bridgehead atoms. The van der Waals surface area contributed by atoms with Crippen molar-refractivity contribution in [3.8, 4) is 0 Å². The molecule has 0 amide bonds. The number of aromatic nitrogens is 2. The van der Waals surface area contributed by atoms with Crippen molar-refractivity contribution in [2.24, 2.45) is 7.05 Å². The monoisotopic (exact) mass is 190 g/mol. The van der Waals surface area contributed by atoms with Gasteiger partial charge >= 0.3 is 5.69 Å². The summed E-state index contributed by atoms with van der Waals surface area (Å²) in [4.78, 5) is 14.3. The molecule has 0 saturated carbocycles. The highest BCUT2D eigenvalue weighted by Gasteiger charge is 2.09. The number of aromatic amines is 1. The lowest BCUT2D eigenvalue weighted by Gasteiger charge is -2.07. The maximum Gasteiger partial charge on any atom is 0.326 e. The molecule has 1 heterocycles. The van der Waals surface area contributed by atoms with Crippen LogP contribution in [0.1, 0.15) is 25.3 Å². The van der Waals surface area contributed by atoms with Crippen LogP contribution in [0.25, 0.3) is 11.0 Å². The van der Waals surface area contributed by atoms with Gasteiger partial charge in [0.25, 0.3) is 0 Å². The van der Waals surface area contributed by atoms with Crippen molar-refractivity contribution in [3.63, 3.8) is 0 Å². The molecule has 2 aromatic rings. The second kappa shape index (κ2) is 3.01. The van der Waals surface area contributed by atoms with E-state index >= 15 is 0 Å². The summed E-state index contributed by atoms with van der Waals surface area (Å²) in [6.45, 7) is 4.26. The van der Waals surface area contributed by atoms with Crippen LogP contribution in [0.15, 0.2) is 23.0 Å². The molecule has 1 N–H and O–H groups in total. The van der Waals surface area contributed by atoms with Gasteiger partial charge < -0.3 is 4.98 Å². The molecule has 0 aliphatic heterocycles. The maximum atomic E-state index is 11.4. The molecule has 14 heavy (non-hydrogen) atoms. The summed E-state index contributed by atoms with van der Waals surface area (Å²) >= 11 is 0. The number of para-hydroxylation sites is 1. The normalized spacial score (nSPS) is 11.4. The van der Waals surface area contributed by atoms with Gasteiger partial charge in [0.2, 0.25) is 0 Å². The highest BCUT2D eigenvalue weighted by Crippen LogP contribution is 2.22. The van der Waals surface area contributed by atoms with Crippen LogP contribution < -0.4 is 5.69 Å². The van der Waals surface area contributed by atoms with Crippen LogP contribution in [0, 0.1) is 0 Å². The number of aryl methyl sites for hydroxylation is 1. The first kappa shape index (κ1) is 9.06. The van der Waals surface area contributed by atoms with Crippen LogP contribution in [0.5, 0.6) is 0 Å². The number of nitrogens with zero attached hydrogens (tertiary/aromatic N) is 1. The van der Waals surface area contributed by atoms with E-state index in [4.69, 9.17) is 0 Å². The average molecular weight is 190 g/mol. The summed E-state index contributed by atoms with van der Waals surface area (Å²) in [5, 5.41) is 0. The Balaban J connectivity index is 2.91. The minimum atomic E-state index is -0.0481. The van der Waals surface area contributed by atoms with Crippen LogP contribution in [0.2, 0.25) is 0 Å². The Morgan fingerprint density at radius 3 is 2.71 bits per heavy atom. The van der Waals surface area contributed by atoms with E-state index in [0.29, 0.717) is 5.92 Å². The first-order chi connectivity index (χ1) is 6.61. The number of fused-ring (bicyclic) bond motifs is 1. The summed E-state index contributed by atoms with van der Waals surface area (Å²) in [7, 11) is 1.80. The third-order valence-corrected chi connectivity index (χ3v) is 2.57. The zero-order valence-corrected chi connectivity index (χ0v) is 8.66. The van der Waals surface area contributed by atoms with Crippen molar-refractivity contribution in [1.82, 2.24) is 9.55 Å². The van der Waals surface area contributed by atoms with Gasteiger partial charge in [-0.3, -0.25) is 4.57 Å². The van der Waals surface area contributed by atoms with E-state index in [1.165, 1.54) is 5.56 Å². The molecule has 0 spiro atoms. The molecule has 2 rings (SSSR count). The van der Waals surface area contributed by atoms with Gasteiger partial charge in [-0.1, -0.05) is 26.0 Å². The Labute approximate surface area is 82.4 Å². The van der Waals surface area contributed by atoms with E-state index in [1.54, 1.807) is 11.6 Å². The highest BCUT2D eigenvalue weighted by atomic mass is 16.1. The Morgan fingerprint density at radius 1 is 1.36 bits per heavy atom. The van der Waals surface area contributed by atoms with Gasteiger partial charge in [-0.15, -0.1) is 0 Å². The third-order valence-electron chi connectivity index (χ3n) is 2.57. The van der Waals surface area contributed by atoms with Gasteiger partial charge in [0.1, 0.15) is 0 Å². The fourth-order valence-corrected chi connectivity index (χ4v) is 1.80. The predicted octanol–water partition coefficient (Wildman–Crippen LogP) is 1.99. The number of hydrogen-bond donors (Lipinski definition) is 1. The molecule has 74 valence electrons. The molecule has 0 aliphatic carbocycles. The van der Waals surface area contributed by atoms with Crippen molar-refractivity contribution < 1.29 is 0 Å². The summed E-state index contributed by atoms with van der Waals surface area (Å²) in [5.74, 6) is 0.431. The zero-order chi connectivity index (χ0) is 10.3. The van der Waals surface area contributed by atoms with Crippen molar-refractivity contribution >= 4 is 11.0 Å². The Bertz CT molecular complexity index is 520. The van der Waals surface area contributed by atoms with Crippen LogP contribution >= 0.6 is 0 Å². The zero-order valence-electron chi connectivity index (χ0n) is 8.66. The predicted molar refractivity (Wildman–Crippen MR) is 57.6 cm³/mol. The Morgan fingerprint density at radius 2 is 2.07 bits per heavy atom.